The molecule has 0 spiro atoms. The Balaban J connectivity index is 1.65. The van der Waals surface area contributed by atoms with Crippen molar-refractivity contribution in [3.05, 3.63) is 88.5 Å². The number of fused-ring (bicyclic) bond motifs is 8. The van der Waals surface area contributed by atoms with Crippen LogP contribution >= 0.6 is 0 Å². The third kappa shape index (κ3) is 3.84. The molecule has 0 radical (unpaired) electrons. The van der Waals surface area contributed by atoms with Crippen molar-refractivity contribution in [3.8, 4) is 11.5 Å². The van der Waals surface area contributed by atoms with Gasteiger partial charge in [-0.05, 0) is 79.1 Å². The number of benzene rings is 3. The van der Waals surface area contributed by atoms with Gasteiger partial charge in [-0.2, -0.15) is 0 Å². The van der Waals surface area contributed by atoms with E-state index in [0.29, 0.717) is 30.6 Å². The average molecular weight is 563 g/mol. The number of methoxy groups -OCH3 is 2. The fraction of sp³-hybridized carbons (Fsp3) is 0.438. The van der Waals surface area contributed by atoms with Gasteiger partial charge in [-0.1, -0.05) is 48.5 Å². The molecular weight excluding hydrogens is 524 g/mol. The number of nitrogens with zero attached hydrogens (tertiary/aromatic N) is 1. The van der Waals surface area contributed by atoms with Crippen LogP contribution in [0.25, 0.3) is 0 Å². The van der Waals surface area contributed by atoms with E-state index in [1.807, 2.05) is 0 Å². The minimum absolute atomic E-state index is 0.0223. The first-order valence-corrected chi connectivity index (χ1v) is 15.4. The lowest BCUT2D eigenvalue weighted by Crippen LogP contribution is -2.47. The molecular formula is C32H38N2O5S. The summed E-state index contributed by atoms with van der Waals surface area (Å²) in [7, 11) is 1.99. The van der Waals surface area contributed by atoms with Gasteiger partial charge in [0.2, 0.25) is 10.0 Å². The van der Waals surface area contributed by atoms with Crippen LogP contribution in [0.2, 0.25) is 0 Å². The van der Waals surface area contributed by atoms with Crippen molar-refractivity contribution < 1.29 is 23.0 Å². The Bertz CT molecular complexity index is 1500. The summed E-state index contributed by atoms with van der Waals surface area (Å²) in [4.78, 5) is -0.0223. The Morgan fingerprint density at radius 3 is 2.02 bits per heavy atom. The van der Waals surface area contributed by atoms with E-state index in [4.69, 9.17) is 9.47 Å². The summed E-state index contributed by atoms with van der Waals surface area (Å²) >= 11 is 0. The van der Waals surface area contributed by atoms with Crippen LogP contribution in [0.1, 0.15) is 59.4 Å². The van der Waals surface area contributed by atoms with Crippen molar-refractivity contribution in [2.24, 2.45) is 5.92 Å². The largest absolute Gasteiger partial charge is 0.496 e. The van der Waals surface area contributed by atoms with E-state index in [1.54, 1.807) is 12.1 Å². The van der Waals surface area contributed by atoms with Gasteiger partial charge in [0.15, 0.2) is 0 Å². The van der Waals surface area contributed by atoms with Crippen LogP contribution in [0.4, 0.5) is 0 Å². The fourth-order valence-corrected chi connectivity index (χ4v) is 9.06. The molecule has 0 amide bonds. The molecule has 2 N–H and O–H groups in total. The average Bonchev–Trinajstić information content (AvgIpc) is 3.48. The van der Waals surface area contributed by atoms with Crippen LogP contribution in [0, 0.1) is 5.92 Å². The Hall–Kier alpha value is -2.91. The van der Waals surface area contributed by atoms with Gasteiger partial charge in [-0.15, -0.1) is 0 Å². The van der Waals surface area contributed by atoms with Crippen molar-refractivity contribution in [2.75, 3.05) is 41.4 Å². The van der Waals surface area contributed by atoms with Gasteiger partial charge in [-0.25, -0.2) is 12.7 Å². The number of ether oxygens (including phenoxy) is 2. The number of piperidine rings is 1. The Labute approximate surface area is 237 Å². The summed E-state index contributed by atoms with van der Waals surface area (Å²) in [6.45, 7) is 1.50. The normalized spacial score (nSPS) is 23.5. The van der Waals surface area contributed by atoms with Gasteiger partial charge < -0.3 is 19.9 Å². The van der Waals surface area contributed by atoms with Crippen LogP contribution in [-0.2, 0) is 21.0 Å². The highest BCUT2D eigenvalue weighted by Gasteiger charge is 2.58. The number of aliphatic hydroxyl groups is 1. The number of hydrogen-bond acceptors (Lipinski definition) is 6. The van der Waals surface area contributed by atoms with Crippen molar-refractivity contribution in [3.63, 3.8) is 0 Å². The topological polar surface area (TPSA) is 88.1 Å². The maximum absolute atomic E-state index is 14.0. The molecule has 1 fully saturated rings. The van der Waals surface area contributed by atoms with Gasteiger partial charge in [0.1, 0.15) is 16.4 Å². The molecule has 0 aromatic heterocycles. The smallest absolute Gasteiger partial charge is 0.246 e. The van der Waals surface area contributed by atoms with Crippen LogP contribution in [-0.4, -0.2) is 59.2 Å². The first-order valence-electron chi connectivity index (χ1n) is 14.0. The van der Waals surface area contributed by atoms with Gasteiger partial charge in [0.25, 0.3) is 0 Å². The SMILES string of the molecule is COc1ccc(OC)c(S(=O)(=O)N(C)C)c1C(O)(CC12CC(c3ccccc31)c1ccccc12)C1CCNCC1. The van der Waals surface area contributed by atoms with E-state index in [9.17, 15) is 13.5 Å². The van der Waals surface area contributed by atoms with Gasteiger partial charge in [0, 0.05) is 31.0 Å². The first kappa shape index (κ1) is 27.3. The highest BCUT2D eigenvalue weighted by atomic mass is 32.2. The van der Waals surface area contributed by atoms with Crippen LogP contribution in [0.5, 0.6) is 11.5 Å². The highest BCUT2D eigenvalue weighted by Crippen LogP contribution is 2.65. The number of nitrogens with one attached hydrogen (secondary N) is 1. The summed E-state index contributed by atoms with van der Waals surface area (Å²) in [6.07, 6.45) is 2.61. The van der Waals surface area contributed by atoms with Crippen LogP contribution in [0.3, 0.4) is 0 Å². The molecule has 8 heteroatoms. The minimum Gasteiger partial charge on any atom is -0.496 e. The standard InChI is InChI=1S/C32H38N2O5S/c1-34(2)40(36,37)30-28(39-4)14-13-27(38-3)29(30)32(35,21-15-17-33-18-16-21)20-31-19-24(22-9-5-7-11-25(22)31)23-10-6-8-12-26(23)31/h5-14,21,24,33,35H,15-20H2,1-4H3. The molecule has 1 unspecified atom stereocenters. The zero-order chi connectivity index (χ0) is 28.3. The molecule has 1 saturated heterocycles. The van der Waals surface area contributed by atoms with E-state index in [2.05, 4.69) is 53.8 Å². The van der Waals surface area contributed by atoms with E-state index in [1.165, 1.54) is 54.9 Å². The number of hydrogen-bond donors (Lipinski definition) is 2. The summed E-state index contributed by atoms with van der Waals surface area (Å²) in [5.41, 5.74) is 3.36. The Morgan fingerprint density at radius 2 is 1.48 bits per heavy atom. The molecule has 1 heterocycles. The Morgan fingerprint density at radius 1 is 0.925 bits per heavy atom. The quantitative estimate of drug-likeness (QED) is 0.424. The molecule has 1 aliphatic heterocycles. The van der Waals surface area contributed by atoms with E-state index in [0.717, 1.165) is 19.5 Å². The monoisotopic (exact) mass is 562 g/mol. The van der Waals surface area contributed by atoms with Gasteiger partial charge in [-0.3, -0.25) is 0 Å². The molecule has 0 saturated carbocycles. The van der Waals surface area contributed by atoms with Crippen molar-refractivity contribution in [1.82, 2.24) is 9.62 Å². The molecule has 7 nitrogen and oxygen atoms in total. The fourth-order valence-electron chi connectivity index (χ4n) is 7.76. The van der Waals surface area contributed by atoms with Gasteiger partial charge in [0.05, 0.1) is 19.8 Å². The number of sulfonamides is 1. The summed E-state index contributed by atoms with van der Waals surface area (Å²) in [6, 6.07) is 20.4. The minimum atomic E-state index is -4.02. The molecule has 2 bridgehead atoms. The molecule has 3 aliphatic rings. The van der Waals surface area contributed by atoms with Crippen molar-refractivity contribution >= 4 is 10.0 Å². The maximum atomic E-state index is 14.0. The Kier molecular flexibility index (Phi) is 6.73. The predicted octanol–water partition coefficient (Wildman–Crippen LogP) is 4.37. The third-order valence-electron chi connectivity index (χ3n) is 9.54. The summed E-state index contributed by atoms with van der Waals surface area (Å²) < 4.78 is 40.7. The molecule has 1 atom stereocenters. The van der Waals surface area contributed by atoms with Crippen LogP contribution < -0.4 is 14.8 Å². The van der Waals surface area contributed by atoms with E-state index in [-0.39, 0.29) is 22.5 Å². The number of rotatable bonds is 8. The molecule has 3 aromatic carbocycles. The van der Waals surface area contributed by atoms with Crippen LogP contribution in [0.15, 0.2) is 65.6 Å². The molecule has 3 aromatic rings. The molecule has 212 valence electrons. The zero-order valence-corrected chi connectivity index (χ0v) is 24.4. The lowest BCUT2D eigenvalue weighted by atomic mass is 9.63. The summed E-state index contributed by atoms with van der Waals surface area (Å²) in [5.74, 6) is 0.611. The molecule has 6 rings (SSSR count). The highest BCUT2D eigenvalue weighted by molar-refractivity contribution is 7.89. The first-order chi connectivity index (χ1) is 19.2. The summed E-state index contributed by atoms with van der Waals surface area (Å²) in [5, 5.41) is 16.8. The second kappa shape index (κ2) is 9.87. The lowest BCUT2D eigenvalue weighted by Gasteiger charge is -2.46. The van der Waals surface area contributed by atoms with E-state index < -0.39 is 21.0 Å². The second-order valence-electron chi connectivity index (χ2n) is 11.6. The van der Waals surface area contributed by atoms with Crippen molar-refractivity contribution in [1.29, 1.82) is 0 Å². The van der Waals surface area contributed by atoms with Crippen molar-refractivity contribution in [2.45, 2.75) is 47.5 Å². The predicted molar refractivity (Wildman–Crippen MR) is 155 cm³/mol. The van der Waals surface area contributed by atoms with Gasteiger partial charge >= 0.3 is 0 Å². The third-order valence-corrected chi connectivity index (χ3v) is 11.4. The van der Waals surface area contributed by atoms with E-state index >= 15 is 0 Å². The second-order valence-corrected chi connectivity index (χ2v) is 13.7. The maximum Gasteiger partial charge on any atom is 0.246 e. The zero-order valence-electron chi connectivity index (χ0n) is 23.6. The molecule has 2 aliphatic carbocycles. The lowest BCUT2D eigenvalue weighted by molar-refractivity contribution is -0.0604. The molecule has 40 heavy (non-hydrogen) atoms.